The molecule has 2 aromatic rings. The first-order valence-corrected chi connectivity index (χ1v) is 6.00. The summed E-state index contributed by atoms with van der Waals surface area (Å²) in [5, 5.41) is 11.1. The van der Waals surface area contributed by atoms with Crippen LogP contribution in [-0.2, 0) is 0 Å². The van der Waals surface area contributed by atoms with Crippen LogP contribution >= 0.6 is 39.1 Å². The highest BCUT2D eigenvalue weighted by Gasteiger charge is 2.18. The number of rotatable bonds is 2. The summed E-state index contributed by atoms with van der Waals surface area (Å²) in [6.07, 6.45) is 0.625. The maximum absolute atomic E-state index is 10.1. The fourth-order valence-corrected chi connectivity index (χ4v) is 2.25. The molecule has 0 radical (unpaired) electrons. The summed E-state index contributed by atoms with van der Waals surface area (Å²) in [6, 6.07) is 6.63. The Morgan fingerprint density at radius 3 is 2.56 bits per heavy atom. The SMILES string of the molecule is OC(c1cc(Cl)ccc1Cl)c1ccoc1Br. The van der Waals surface area contributed by atoms with Gasteiger partial charge in [0.05, 0.1) is 6.26 Å². The van der Waals surface area contributed by atoms with Gasteiger partial charge in [0, 0.05) is 21.2 Å². The number of benzene rings is 1. The third-order valence-corrected chi connectivity index (χ3v) is 3.42. The Morgan fingerprint density at radius 1 is 1.19 bits per heavy atom. The van der Waals surface area contributed by atoms with Crippen LogP contribution in [0, 0.1) is 0 Å². The molecule has 0 bridgehead atoms. The second-order valence-electron chi connectivity index (χ2n) is 3.22. The van der Waals surface area contributed by atoms with Crippen molar-refractivity contribution in [3.8, 4) is 0 Å². The zero-order valence-corrected chi connectivity index (χ0v) is 11.1. The van der Waals surface area contributed by atoms with Crippen LogP contribution in [-0.4, -0.2) is 5.11 Å². The van der Waals surface area contributed by atoms with E-state index in [0.717, 1.165) is 0 Å². The van der Waals surface area contributed by atoms with Crippen molar-refractivity contribution >= 4 is 39.1 Å². The minimum Gasteiger partial charge on any atom is -0.457 e. The van der Waals surface area contributed by atoms with Gasteiger partial charge in [-0.2, -0.15) is 0 Å². The number of hydrogen-bond acceptors (Lipinski definition) is 2. The van der Waals surface area contributed by atoms with Crippen LogP contribution in [0.4, 0.5) is 0 Å². The average Bonchev–Trinajstić information content (AvgIpc) is 2.67. The molecule has 1 heterocycles. The summed E-state index contributed by atoms with van der Waals surface area (Å²) in [6.45, 7) is 0. The largest absolute Gasteiger partial charge is 0.457 e. The Bertz CT molecular complexity index is 510. The minimum absolute atomic E-state index is 0.463. The average molecular weight is 322 g/mol. The van der Waals surface area contributed by atoms with E-state index >= 15 is 0 Å². The Morgan fingerprint density at radius 2 is 1.94 bits per heavy atom. The Balaban J connectivity index is 2.45. The Hall–Kier alpha value is -0.480. The summed E-state index contributed by atoms with van der Waals surface area (Å²) in [5.41, 5.74) is 1.17. The molecule has 0 spiro atoms. The van der Waals surface area contributed by atoms with E-state index in [9.17, 15) is 5.11 Å². The monoisotopic (exact) mass is 320 g/mol. The molecule has 0 aliphatic rings. The fraction of sp³-hybridized carbons (Fsp3) is 0.0909. The topological polar surface area (TPSA) is 33.4 Å². The first-order chi connectivity index (χ1) is 7.59. The fourth-order valence-electron chi connectivity index (χ4n) is 1.39. The second kappa shape index (κ2) is 4.80. The van der Waals surface area contributed by atoms with Crippen molar-refractivity contribution in [1.82, 2.24) is 0 Å². The third-order valence-electron chi connectivity index (χ3n) is 2.19. The normalized spacial score (nSPS) is 12.8. The van der Waals surface area contributed by atoms with Gasteiger partial charge in [-0.05, 0) is 40.2 Å². The van der Waals surface area contributed by atoms with E-state index in [0.29, 0.717) is 25.8 Å². The highest BCUT2D eigenvalue weighted by atomic mass is 79.9. The first kappa shape index (κ1) is 12.0. The number of aliphatic hydroxyl groups is 1. The van der Waals surface area contributed by atoms with Crippen molar-refractivity contribution < 1.29 is 9.52 Å². The number of hydrogen-bond donors (Lipinski definition) is 1. The molecule has 1 N–H and O–H groups in total. The Labute approximate surface area is 111 Å². The molecule has 0 fully saturated rings. The van der Waals surface area contributed by atoms with Gasteiger partial charge in [-0.25, -0.2) is 0 Å². The van der Waals surface area contributed by atoms with Gasteiger partial charge in [0.15, 0.2) is 4.67 Å². The second-order valence-corrected chi connectivity index (χ2v) is 4.78. The van der Waals surface area contributed by atoms with E-state index in [4.69, 9.17) is 27.6 Å². The summed E-state index contributed by atoms with van der Waals surface area (Å²) in [7, 11) is 0. The molecule has 0 saturated carbocycles. The molecule has 1 aromatic carbocycles. The molecular weight excluding hydrogens is 315 g/mol. The van der Waals surface area contributed by atoms with Crippen molar-refractivity contribution in [3.63, 3.8) is 0 Å². The minimum atomic E-state index is -0.862. The van der Waals surface area contributed by atoms with Crippen LogP contribution in [0.5, 0.6) is 0 Å². The summed E-state index contributed by atoms with van der Waals surface area (Å²) in [5.74, 6) is 0. The van der Waals surface area contributed by atoms with Crippen LogP contribution in [0.1, 0.15) is 17.2 Å². The summed E-state index contributed by atoms with van der Waals surface area (Å²) in [4.78, 5) is 0. The smallest absolute Gasteiger partial charge is 0.175 e. The van der Waals surface area contributed by atoms with Crippen molar-refractivity contribution in [3.05, 3.63) is 56.4 Å². The molecule has 1 unspecified atom stereocenters. The van der Waals surface area contributed by atoms with Crippen LogP contribution < -0.4 is 0 Å². The lowest BCUT2D eigenvalue weighted by atomic mass is 10.0. The lowest BCUT2D eigenvalue weighted by molar-refractivity contribution is 0.218. The standard InChI is InChI=1S/C11H7BrCl2O2/c12-11-7(3-4-16-11)10(15)8-5-6(13)1-2-9(8)14/h1-5,10,15H. The van der Waals surface area contributed by atoms with E-state index in [1.54, 1.807) is 24.3 Å². The number of aliphatic hydroxyl groups excluding tert-OH is 1. The molecule has 5 heteroatoms. The lowest BCUT2D eigenvalue weighted by Crippen LogP contribution is -1.99. The zero-order chi connectivity index (χ0) is 11.7. The quantitative estimate of drug-likeness (QED) is 0.887. The molecule has 16 heavy (non-hydrogen) atoms. The van der Waals surface area contributed by atoms with E-state index in [1.165, 1.54) is 6.26 Å². The summed E-state index contributed by atoms with van der Waals surface area (Å²) < 4.78 is 5.54. The van der Waals surface area contributed by atoms with Crippen molar-refractivity contribution in [2.45, 2.75) is 6.10 Å². The predicted octanol–water partition coefficient (Wildman–Crippen LogP) is 4.43. The van der Waals surface area contributed by atoms with Crippen LogP contribution in [0.25, 0.3) is 0 Å². The molecule has 84 valence electrons. The predicted molar refractivity (Wildman–Crippen MR) is 66.9 cm³/mol. The zero-order valence-electron chi connectivity index (χ0n) is 7.95. The van der Waals surface area contributed by atoms with Gasteiger partial charge in [0.2, 0.25) is 0 Å². The molecule has 2 nitrogen and oxygen atoms in total. The van der Waals surface area contributed by atoms with Crippen LogP contribution in [0.2, 0.25) is 10.0 Å². The first-order valence-electron chi connectivity index (χ1n) is 4.45. The highest BCUT2D eigenvalue weighted by molar-refractivity contribution is 9.10. The molecular formula is C11H7BrCl2O2. The van der Waals surface area contributed by atoms with Gasteiger partial charge in [0.1, 0.15) is 6.10 Å². The molecule has 0 amide bonds. The maximum atomic E-state index is 10.1. The van der Waals surface area contributed by atoms with E-state index in [1.807, 2.05) is 0 Å². The summed E-state index contributed by atoms with van der Waals surface area (Å²) >= 11 is 15.1. The van der Waals surface area contributed by atoms with Gasteiger partial charge in [-0.1, -0.05) is 23.2 Å². The van der Waals surface area contributed by atoms with E-state index in [2.05, 4.69) is 15.9 Å². The molecule has 0 aliphatic carbocycles. The van der Waals surface area contributed by atoms with Gasteiger partial charge in [-0.3, -0.25) is 0 Å². The lowest BCUT2D eigenvalue weighted by Gasteiger charge is -2.11. The molecule has 1 atom stereocenters. The van der Waals surface area contributed by atoms with Gasteiger partial charge in [-0.15, -0.1) is 0 Å². The number of halogens is 3. The third kappa shape index (κ3) is 2.28. The maximum Gasteiger partial charge on any atom is 0.175 e. The van der Waals surface area contributed by atoms with Crippen molar-refractivity contribution in [2.75, 3.05) is 0 Å². The van der Waals surface area contributed by atoms with Crippen LogP contribution in [0.3, 0.4) is 0 Å². The number of furan rings is 1. The van der Waals surface area contributed by atoms with Gasteiger partial charge in [0.25, 0.3) is 0 Å². The highest BCUT2D eigenvalue weighted by Crippen LogP contribution is 2.34. The van der Waals surface area contributed by atoms with Crippen molar-refractivity contribution in [2.24, 2.45) is 0 Å². The van der Waals surface area contributed by atoms with E-state index < -0.39 is 6.10 Å². The van der Waals surface area contributed by atoms with E-state index in [-0.39, 0.29) is 0 Å². The molecule has 0 aliphatic heterocycles. The van der Waals surface area contributed by atoms with Gasteiger partial charge >= 0.3 is 0 Å². The Kier molecular flexibility index (Phi) is 3.60. The molecule has 0 saturated heterocycles. The molecule has 2 rings (SSSR count). The van der Waals surface area contributed by atoms with Crippen molar-refractivity contribution in [1.29, 1.82) is 0 Å². The molecule has 1 aromatic heterocycles. The van der Waals surface area contributed by atoms with Gasteiger partial charge < -0.3 is 9.52 Å². The van der Waals surface area contributed by atoms with Crippen LogP contribution in [0.15, 0.2) is 39.6 Å².